The van der Waals surface area contributed by atoms with Crippen molar-refractivity contribution in [3.05, 3.63) is 61.1 Å². The number of hydrogen-bond donors (Lipinski definition) is 3. The fourth-order valence-electron chi connectivity index (χ4n) is 5.27. The number of aromatic nitrogens is 7. The maximum Gasteiger partial charge on any atom is 0.231 e. The molecule has 2 aliphatic heterocycles. The van der Waals surface area contributed by atoms with Crippen LogP contribution in [-0.2, 0) is 0 Å². The van der Waals surface area contributed by atoms with Crippen molar-refractivity contribution >= 4 is 22.2 Å². The molecule has 3 N–H and O–H groups in total. The van der Waals surface area contributed by atoms with Crippen LogP contribution < -0.4 is 19.5 Å². The van der Waals surface area contributed by atoms with Gasteiger partial charge in [-0.25, -0.2) is 15.0 Å². The predicted molar refractivity (Wildman–Crippen MR) is 148 cm³/mol. The zero-order valence-electron chi connectivity index (χ0n) is 21.3. The molecule has 0 amide bonds. The number of benzene rings is 1. The van der Waals surface area contributed by atoms with Crippen LogP contribution in [0.15, 0.2) is 61.1 Å². The Morgan fingerprint density at radius 2 is 1.80 bits per heavy atom. The minimum atomic E-state index is 0.193. The van der Waals surface area contributed by atoms with Gasteiger partial charge in [-0.05, 0) is 67.9 Å². The molecule has 0 aliphatic carbocycles. The molecule has 7 heterocycles. The van der Waals surface area contributed by atoms with Gasteiger partial charge in [-0.3, -0.25) is 10.1 Å². The quantitative estimate of drug-likeness (QED) is 0.293. The molecule has 0 atom stereocenters. The van der Waals surface area contributed by atoms with E-state index in [4.69, 9.17) is 24.2 Å². The number of H-pyrrole nitrogens is 2. The number of pyridine rings is 3. The number of fused-ring (bicyclic) bond motifs is 3. The summed E-state index contributed by atoms with van der Waals surface area (Å²) in [5, 5.41) is 11.0. The molecule has 0 saturated carbocycles. The summed E-state index contributed by atoms with van der Waals surface area (Å²) in [6, 6.07) is 13.7. The Morgan fingerprint density at radius 1 is 0.875 bits per heavy atom. The Morgan fingerprint density at radius 3 is 2.75 bits per heavy atom. The lowest BCUT2D eigenvalue weighted by Crippen LogP contribution is -2.34. The predicted octanol–water partition coefficient (Wildman–Crippen LogP) is 4.48. The average Bonchev–Trinajstić information content (AvgIpc) is 3.75. The van der Waals surface area contributed by atoms with Crippen molar-refractivity contribution in [3.63, 3.8) is 0 Å². The number of hydrogen-bond acceptors (Lipinski definition) is 9. The van der Waals surface area contributed by atoms with Gasteiger partial charge in [0.1, 0.15) is 22.9 Å². The van der Waals surface area contributed by atoms with Crippen molar-refractivity contribution in [3.8, 4) is 51.2 Å². The Kier molecular flexibility index (Phi) is 5.33. The molecule has 0 spiro atoms. The highest BCUT2D eigenvalue weighted by molar-refractivity contribution is 5.95. The van der Waals surface area contributed by atoms with Crippen LogP contribution in [0, 0.1) is 0 Å². The molecule has 11 nitrogen and oxygen atoms in total. The van der Waals surface area contributed by atoms with Gasteiger partial charge in [0.2, 0.25) is 6.79 Å². The lowest BCUT2D eigenvalue weighted by molar-refractivity contribution is 0.162. The summed E-state index contributed by atoms with van der Waals surface area (Å²) in [7, 11) is 0. The van der Waals surface area contributed by atoms with Gasteiger partial charge < -0.3 is 24.5 Å². The van der Waals surface area contributed by atoms with Crippen molar-refractivity contribution in [2.24, 2.45) is 0 Å². The Hall–Kier alpha value is -5.03. The monoisotopic (exact) mass is 532 g/mol. The van der Waals surface area contributed by atoms with Gasteiger partial charge in [0.05, 0.1) is 17.4 Å². The van der Waals surface area contributed by atoms with E-state index in [-0.39, 0.29) is 12.9 Å². The molecular weight excluding hydrogens is 508 g/mol. The standard InChI is InChI=1S/C29H24N8O3/c1-4-23-24(39-15-38-23)12-16(1)20-7-10-32-28-25(20)34-29(35-28)27-26-22(36-37-27)3-2-21(33-26)17-11-19(14-31-13-17)40-18-5-8-30-9-6-18/h1-4,7,10-14,18,30H,5-6,8-9,15H2,(H,36,37)(H,32,34,35). The van der Waals surface area contributed by atoms with Gasteiger partial charge in [-0.15, -0.1) is 0 Å². The van der Waals surface area contributed by atoms with Crippen LogP contribution in [0.4, 0.5) is 0 Å². The van der Waals surface area contributed by atoms with Crippen LogP contribution in [0.2, 0.25) is 0 Å². The fourth-order valence-corrected chi connectivity index (χ4v) is 5.27. The summed E-state index contributed by atoms with van der Waals surface area (Å²) >= 11 is 0. The molecule has 198 valence electrons. The summed E-state index contributed by atoms with van der Waals surface area (Å²) < 4.78 is 17.2. The van der Waals surface area contributed by atoms with E-state index in [0.717, 1.165) is 70.8 Å². The van der Waals surface area contributed by atoms with Gasteiger partial charge in [-0.1, -0.05) is 6.07 Å². The summed E-state index contributed by atoms with van der Waals surface area (Å²) in [6.45, 7) is 2.16. The van der Waals surface area contributed by atoms with Crippen molar-refractivity contribution in [2.45, 2.75) is 18.9 Å². The molecule has 8 rings (SSSR count). The van der Waals surface area contributed by atoms with Crippen LogP contribution >= 0.6 is 0 Å². The lowest BCUT2D eigenvalue weighted by Gasteiger charge is -2.23. The van der Waals surface area contributed by atoms with E-state index >= 15 is 0 Å². The van der Waals surface area contributed by atoms with Gasteiger partial charge in [0.25, 0.3) is 0 Å². The molecule has 0 bridgehead atoms. The molecule has 2 aliphatic rings. The second-order valence-electron chi connectivity index (χ2n) is 9.85. The van der Waals surface area contributed by atoms with Crippen molar-refractivity contribution in [2.75, 3.05) is 19.9 Å². The van der Waals surface area contributed by atoms with E-state index in [1.54, 1.807) is 18.6 Å². The summed E-state index contributed by atoms with van der Waals surface area (Å²) in [6.07, 6.45) is 7.47. The minimum absolute atomic E-state index is 0.193. The molecule has 1 saturated heterocycles. The number of rotatable bonds is 5. The van der Waals surface area contributed by atoms with E-state index in [2.05, 4.69) is 30.5 Å². The molecule has 6 aromatic rings. The van der Waals surface area contributed by atoms with Gasteiger partial charge in [0, 0.05) is 23.5 Å². The first kappa shape index (κ1) is 22.9. The third kappa shape index (κ3) is 3.98. The van der Waals surface area contributed by atoms with Crippen molar-refractivity contribution in [1.29, 1.82) is 0 Å². The number of ether oxygens (including phenoxy) is 3. The number of piperidine rings is 1. The van der Waals surface area contributed by atoms with E-state index in [1.165, 1.54) is 0 Å². The van der Waals surface area contributed by atoms with Crippen LogP contribution in [0.3, 0.4) is 0 Å². The SMILES string of the molecule is c1cc(-c2ccc3c(c2)OCO3)c2nc(-c3n[nH]c4ccc(-c5cncc(OC6CCNCC6)c5)nc34)[nH]c2n1. The molecule has 11 heteroatoms. The second-order valence-corrected chi connectivity index (χ2v) is 9.85. The third-order valence-corrected chi connectivity index (χ3v) is 7.30. The lowest BCUT2D eigenvalue weighted by atomic mass is 10.1. The van der Waals surface area contributed by atoms with Gasteiger partial charge in [-0.2, -0.15) is 5.10 Å². The van der Waals surface area contributed by atoms with Crippen LogP contribution in [0.5, 0.6) is 17.2 Å². The summed E-state index contributed by atoms with van der Waals surface area (Å²) in [5.74, 6) is 2.78. The first-order chi connectivity index (χ1) is 19.8. The molecule has 0 unspecified atom stereocenters. The summed E-state index contributed by atoms with van der Waals surface area (Å²) in [4.78, 5) is 22.1. The van der Waals surface area contributed by atoms with Gasteiger partial charge >= 0.3 is 0 Å². The first-order valence-corrected chi connectivity index (χ1v) is 13.2. The van der Waals surface area contributed by atoms with Crippen LogP contribution in [0.1, 0.15) is 12.8 Å². The number of nitrogens with one attached hydrogen (secondary N) is 3. The van der Waals surface area contributed by atoms with Crippen molar-refractivity contribution < 1.29 is 14.2 Å². The Labute approximate surface area is 228 Å². The zero-order chi connectivity index (χ0) is 26.5. The number of aromatic amines is 2. The third-order valence-electron chi connectivity index (χ3n) is 7.30. The molecule has 5 aromatic heterocycles. The fraction of sp³-hybridized carbons (Fsp3) is 0.207. The zero-order valence-corrected chi connectivity index (χ0v) is 21.3. The molecule has 0 radical (unpaired) electrons. The molecule has 1 aromatic carbocycles. The number of nitrogens with zero attached hydrogens (tertiary/aromatic N) is 5. The van der Waals surface area contributed by atoms with Crippen LogP contribution in [-0.4, -0.2) is 61.1 Å². The molecule has 40 heavy (non-hydrogen) atoms. The Balaban J connectivity index is 1.16. The minimum Gasteiger partial charge on any atom is -0.489 e. The maximum atomic E-state index is 6.20. The highest BCUT2D eigenvalue weighted by atomic mass is 16.7. The average molecular weight is 533 g/mol. The van der Waals surface area contributed by atoms with Crippen molar-refractivity contribution in [1.82, 2.24) is 40.4 Å². The van der Waals surface area contributed by atoms with E-state index in [0.29, 0.717) is 28.4 Å². The van der Waals surface area contributed by atoms with Gasteiger partial charge in [0.15, 0.2) is 28.7 Å². The first-order valence-electron chi connectivity index (χ1n) is 13.2. The largest absolute Gasteiger partial charge is 0.489 e. The van der Waals surface area contributed by atoms with Crippen LogP contribution in [0.25, 0.3) is 56.1 Å². The number of imidazole rings is 1. The smallest absolute Gasteiger partial charge is 0.231 e. The highest BCUT2D eigenvalue weighted by Crippen LogP contribution is 2.38. The molecule has 1 fully saturated rings. The molecular formula is C29H24N8O3. The Bertz CT molecular complexity index is 1870. The summed E-state index contributed by atoms with van der Waals surface area (Å²) in [5.41, 5.74) is 7.04. The van der Waals surface area contributed by atoms with E-state index in [1.807, 2.05) is 42.5 Å². The van der Waals surface area contributed by atoms with E-state index < -0.39 is 0 Å². The second kappa shape index (κ2) is 9.31. The topological polar surface area (TPSA) is 136 Å². The highest BCUT2D eigenvalue weighted by Gasteiger charge is 2.20. The normalized spacial score (nSPS) is 15.2. The van der Waals surface area contributed by atoms with E-state index in [9.17, 15) is 0 Å². The maximum absolute atomic E-state index is 6.20.